The molecule has 1 aromatic heterocycles. The van der Waals surface area contributed by atoms with E-state index in [1.165, 1.54) is 6.20 Å². The Morgan fingerprint density at radius 1 is 0.967 bits per heavy atom. The number of rotatable bonds is 8. The number of nitrogens with one attached hydrogen (secondary N) is 2. The smallest absolute Gasteiger partial charge is 0.273 e. The van der Waals surface area contributed by atoms with Crippen LogP contribution in [0.5, 0.6) is 0 Å². The second-order valence-corrected chi connectivity index (χ2v) is 6.64. The maximum atomic E-state index is 12.5. The van der Waals surface area contributed by atoms with Gasteiger partial charge in [0.05, 0.1) is 11.9 Å². The first kappa shape index (κ1) is 20.9. The summed E-state index contributed by atoms with van der Waals surface area (Å²) in [7, 11) is 0. The van der Waals surface area contributed by atoms with Gasteiger partial charge in [-0.3, -0.25) is 9.59 Å². The number of nitrogens with two attached hydrogens (primary N) is 2. The summed E-state index contributed by atoms with van der Waals surface area (Å²) in [6, 6.07) is 16.6. The van der Waals surface area contributed by atoms with E-state index in [1.54, 1.807) is 24.3 Å². The molecule has 0 unspecified atom stereocenters. The Bertz CT molecular complexity index is 1020. The average Bonchev–Trinajstić information content (AvgIpc) is 2.78. The number of aromatic nitrogens is 2. The summed E-state index contributed by atoms with van der Waals surface area (Å²) in [5.74, 6) is -0.573. The molecule has 3 aromatic rings. The van der Waals surface area contributed by atoms with E-state index in [0.29, 0.717) is 42.9 Å². The fraction of sp³-hybridized carbons (Fsp3) is 0.182. The molecule has 0 aliphatic rings. The van der Waals surface area contributed by atoms with E-state index in [1.807, 2.05) is 30.3 Å². The SMILES string of the molecule is NCCCNC(=O)c1nc(-c2cccc(C(=O)NCc3ccccc3)c2)cnc1N. The van der Waals surface area contributed by atoms with Crippen LogP contribution in [-0.2, 0) is 6.54 Å². The topological polar surface area (TPSA) is 136 Å². The van der Waals surface area contributed by atoms with Crippen molar-refractivity contribution in [1.29, 1.82) is 0 Å². The van der Waals surface area contributed by atoms with Crippen LogP contribution in [0, 0.1) is 0 Å². The molecule has 3 rings (SSSR count). The van der Waals surface area contributed by atoms with Gasteiger partial charge in [0.15, 0.2) is 11.5 Å². The van der Waals surface area contributed by atoms with Crippen molar-refractivity contribution in [2.24, 2.45) is 5.73 Å². The Kier molecular flexibility index (Phi) is 7.07. The molecule has 2 aromatic carbocycles. The maximum Gasteiger partial charge on any atom is 0.273 e. The molecule has 0 aliphatic heterocycles. The number of amides is 2. The Balaban J connectivity index is 1.75. The van der Waals surface area contributed by atoms with Crippen LogP contribution >= 0.6 is 0 Å². The molecule has 2 amide bonds. The van der Waals surface area contributed by atoms with E-state index in [2.05, 4.69) is 20.6 Å². The lowest BCUT2D eigenvalue weighted by Crippen LogP contribution is -2.28. The van der Waals surface area contributed by atoms with Crippen molar-refractivity contribution in [2.75, 3.05) is 18.8 Å². The second kappa shape index (κ2) is 10.1. The standard InChI is InChI=1S/C22H24N6O2/c23-10-5-11-25-22(30)19-20(24)26-14-18(28-19)16-8-4-9-17(12-16)21(29)27-13-15-6-2-1-3-7-15/h1-4,6-9,12,14H,5,10-11,13,23H2,(H2,24,26)(H,25,30)(H,27,29). The number of hydrogen-bond donors (Lipinski definition) is 4. The van der Waals surface area contributed by atoms with E-state index >= 15 is 0 Å². The summed E-state index contributed by atoms with van der Waals surface area (Å²) >= 11 is 0. The lowest BCUT2D eigenvalue weighted by atomic mass is 10.1. The monoisotopic (exact) mass is 404 g/mol. The highest BCUT2D eigenvalue weighted by atomic mass is 16.2. The molecular formula is C22H24N6O2. The highest BCUT2D eigenvalue weighted by Crippen LogP contribution is 2.20. The van der Waals surface area contributed by atoms with Gasteiger partial charge >= 0.3 is 0 Å². The van der Waals surface area contributed by atoms with Gasteiger partial charge in [-0.05, 0) is 30.7 Å². The summed E-state index contributed by atoms with van der Waals surface area (Å²) < 4.78 is 0. The molecule has 0 aliphatic carbocycles. The first-order valence-corrected chi connectivity index (χ1v) is 9.62. The van der Waals surface area contributed by atoms with Gasteiger partial charge in [0.25, 0.3) is 11.8 Å². The number of hydrogen-bond acceptors (Lipinski definition) is 6. The molecule has 30 heavy (non-hydrogen) atoms. The van der Waals surface area contributed by atoms with Crippen molar-refractivity contribution in [1.82, 2.24) is 20.6 Å². The molecule has 0 saturated carbocycles. The number of benzene rings is 2. The second-order valence-electron chi connectivity index (χ2n) is 6.64. The third-order valence-corrected chi connectivity index (χ3v) is 4.40. The summed E-state index contributed by atoms with van der Waals surface area (Å²) in [5.41, 5.74) is 13.9. The average molecular weight is 404 g/mol. The molecule has 154 valence electrons. The fourth-order valence-corrected chi connectivity index (χ4v) is 2.79. The van der Waals surface area contributed by atoms with E-state index in [9.17, 15) is 9.59 Å². The third kappa shape index (κ3) is 5.39. The number of nitrogens with zero attached hydrogens (tertiary/aromatic N) is 2. The molecule has 1 heterocycles. The largest absolute Gasteiger partial charge is 0.382 e. The Morgan fingerprint density at radius 2 is 1.77 bits per heavy atom. The lowest BCUT2D eigenvalue weighted by Gasteiger charge is -2.09. The van der Waals surface area contributed by atoms with Crippen molar-refractivity contribution >= 4 is 17.6 Å². The number of nitrogen functional groups attached to an aromatic ring is 1. The fourth-order valence-electron chi connectivity index (χ4n) is 2.79. The Hall–Kier alpha value is -3.78. The van der Waals surface area contributed by atoms with Gasteiger partial charge in [-0.25, -0.2) is 9.97 Å². The highest BCUT2D eigenvalue weighted by molar-refractivity contribution is 5.97. The molecule has 6 N–H and O–H groups in total. The molecule has 0 bridgehead atoms. The van der Waals surface area contributed by atoms with E-state index in [0.717, 1.165) is 5.56 Å². The molecular weight excluding hydrogens is 380 g/mol. The van der Waals surface area contributed by atoms with Crippen LogP contribution in [0.1, 0.15) is 32.8 Å². The zero-order valence-electron chi connectivity index (χ0n) is 16.5. The van der Waals surface area contributed by atoms with Crippen LogP contribution < -0.4 is 22.1 Å². The van der Waals surface area contributed by atoms with E-state index in [-0.39, 0.29) is 17.4 Å². The van der Waals surface area contributed by atoms with Gasteiger partial charge < -0.3 is 22.1 Å². The maximum absolute atomic E-state index is 12.5. The Labute approximate surface area is 174 Å². The van der Waals surface area contributed by atoms with Crippen molar-refractivity contribution in [3.8, 4) is 11.3 Å². The minimum absolute atomic E-state index is 0.0424. The van der Waals surface area contributed by atoms with Crippen LogP contribution in [0.3, 0.4) is 0 Å². The van der Waals surface area contributed by atoms with Crippen molar-refractivity contribution in [2.45, 2.75) is 13.0 Å². The zero-order valence-corrected chi connectivity index (χ0v) is 16.5. The van der Waals surface area contributed by atoms with E-state index < -0.39 is 5.91 Å². The quantitative estimate of drug-likeness (QED) is 0.422. The molecule has 0 saturated heterocycles. The van der Waals surface area contributed by atoms with Gasteiger partial charge in [-0.1, -0.05) is 42.5 Å². The van der Waals surface area contributed by atoms with Gasteiger partial charge in [-0.2, -0.15) is 0 Å². The summed E-state index contributed by atoms with van der Waals surface area (Å²) in [5, 5.41) is 5.61. The van der Waals surface area contributed by atoms with E-state index in [4.69, 9.17) is 11.5 Å². The predicted octanol–water partition coefficient (Wildman–Crippen LogP) is 1.73. The van der Waals surface area contributed by atoms with Gasteiger partial charge in [0.2, 0.25) is 0 Å². The first-order valence-electron chi connectivity index (χ1n) is 9.62. The number of anilines is 1. The summed E-state index contributed by atoms with van der Waals surface area (Å²) in [6.07, 6.45) is 2.13. The normalized spacial score (nSPS) is 10.4. The first-order chi connectivity index (χ1) is 14.6. The minimum Gasteiger partial charge on any atom is -0.382 e. The minimum atomic E-state index is -0.410. The van der Waals surface area contributed by atoms with Crippen LogP contribution in [-0.4, -0.2) is 34.9 Å². The number of carbonyl (C=O) groups is 2. The van der Waals surface area contributed by atoms with Crippen LogP contribution in [0.4, 0.5) is 5.82 Å². The van der Waals surface area contributed by atoms with Crippen LogP contribution in [0.15, 0.2) is 60.8 Å². The predicted molar refractivity (Wildman–Crippen MR) is 115 cm³/mol. The molecule has 0 atom stereocenters. The lowest BCUT2D eigenvalue weighted by molar-refractivity contribution is 0.0941. The van der Waals surface area contributed by atoms with Crippen molar-refractivity contribution in [3.05, 3.63) is 77.6 Å². The van der Waals surface area contributed by atoms with Crippen LogP contribution in [0.2, 0.25) is 0 Å². The molecule has 0 fully saturated rings. The van der Waals surface area contributed by atoms with Crippen molar-refractivity contribution in [3.63, 3.8) is 0 Å². The summed E-state index contributed by atoms with van der Waals surface area (Å²) in [4.78, 5) is 33.3. The van der Waals surface area contributed by atoms with Gasteiger partial charge in [0.1, 0.15) is 0 Å². The van der Waals surface area contributed by atoms with Gasteiger partial charge in [0, 0.05) is 24.2 Å². The molecule has 0 spiro atoms. The zero-order chi connectivity index (χ0) is 21.3. The molecule has 8 nitrogen and oxygen atoms in total. The van der Waals surface area contributed by atoms with Crippen molar-refractivity contribution < 1.29 is 9.59 Å². The number of carbonyl (C=O) groups excluding carboxylic acids is 2. The third-order valence-electron chi connectivity index (χ3n) is 4.40. The van der Waals surface area contributed by atoms with Crippen LogP contribution in [0.25, 0.3) is 11.3 Å². The summed E-state index contributed by atoms with van der Waals surface area (Å²) in [6.45, 7) is 1.33. The molecule has 0 radical (unpaired) electrons. The Morgan fingerprint density at radius 3 is 2.53 bits per heavy atom. The highest BCUT2D eigenvalue weighted by Gasteiger charge is 2.15. The van der Waals surface area contributed by atoms with Gasteiger partial charge in [-0.15, -0.1) is 0 Å². The molecule has 8 heteroatoms.